The number of fused-ring (bicyclic) bond motifs is 1. The summed E-state index contributed by atoms with van der Waals surface area (Å²) in [7, 11) is 0. The number of carbonyl (C=O) groups is 1. The van der Waals surface area contributed by atoms with Crippen molar-refractivity contribution >= 4 is 32.7 Å². The maximum Gasteiger partial charge on any atom is 0.230 e. The van der Waals surface area contributed by atoms with Gasteiger partial charge < -0.3 is 5.11 Å². The van der Waals surface area contributed by atoms with Crippen molar-refractivity contribution in [2.24, 2.45) is 0 Å². The zero-order valence-corrected chi connectivity index (χ0v) is 9.08. The normalized spacial score (nSPS) is 10.7. The minimum absolute atomic E-state index is 0.0283. The molecule has 0 saturated heterocycles. The molecule has 0 amide bonds. The van der Waals surface area contributed by atoms with E-state index in [0.717, 1.165) is 9.86 Å². The first-order chi connectivity index (χ1) is 6.61. The lowest BCUT2D eigenvalue weighted by Crippen LogP contribution is -2.03. The van der Waals surface area contributed by atoms with Gasteiger partial charge in [0.25, 0.3) is 0 Å². The van der Waals surface area contributed by atoms with Crippen LogP contribution in [0.5, 0.6) is 5.88 Å². The van der Waals surface area contributed by atoms with Gasteiger partial charge in [0.1, 0.15) is 0 Å². The first-order valence-electron chi connectivity index (χ1n) is 4.11. The van der Waals surface area contributed by atoms with Crippen LogP contribution in [0.3, 0.4) is 0 Å². The van der Waals surface area contributed by atoms with Crippen LogP contribution in [-0.2, 0) is 0 Å². The molecule has 14 heavy (non-hydrogen) atoms. The average molecular weight is 254 g/mol. The van der Waals surface area contributed by atoms with Crippen LogP contribution in [0.2, 0.25) is 0 Å². The Bertz CT molecular complexity index is 516. The highest BCUT2D eigenvalue weighted by Gasteiger charge is 2.12. The van der Waals surface area contributed by atoms with Crippen LogP contribution in [0.25, 0.3) is 10.9 Å². The Morgan fingerprint density at radius 2 is 2.21 bits per heavy atom. The zero-order valence-electron chi connectivity index (χ0n) is 7.49. The van der Waals surface area contributed by atoms with E-state index in [0.29, 0.717) is 5.52 Å². The quantitative estimate of drug-likeness (QED) is 0.785. The first-order valence-corrected chi connectivity index (χ1v) is 4.90. The number of benzene rings is 1. The van der Waals surface area contributed by atoms with Gasteiger partial charge in [0.05, 0.1) is 5.52 Å². The minimum atomic E-state index is -0.199. The summed E-state index contributed by atoms with van der Waals surface area (Å²) < 4.78 is 2.14. The summed E-state index contributed by atoms with van der Waals surface area (Å²) in [6.45, 7) is 1.42. The van der Waals surface area contributed by atoms with Gasteiger partial charge in [-0.3, -0.25) is 9.36 Å². The highest BCUT2D eigenvalue weighted by atomic mass is 79.9. The summed E-state index contributed by atoms with van der Waals surface area (Å²) in [6.07, 6.45) is 0. The fourth-order valence-corrected chi connectivity index (χ4v) is 1.98. The van der Waals surface area contributed by atoms with E-state index in [9.17, 15) is 9.90 Å². The molecule has 0 aliphatic carbocycles. The highest BCUT2D eigenvalue weighted by Crippen LogP contribution is 2.30. The molecule has 2 aromatic rings. The molecule has 0 atom stereocenters. The molecule has 1 N–H and O–H groups in total. The molecule has 0 aliphatic rings. The number of rotatable bonds is 0. The fraction of sp³-hybridized carbons (Fsp3) is 0.100. The standard InChI is InChI=1S/C10H8BrNO2/c1-6(13)12-9-4-2-3-8(11)7(9)5-10(12)14/h2-5,14H,1H3. The van der Waals surface area contributed by atoms with Crippen molar-refractivity contribution in [2.45, 2.75) is 6.92 Å². The van der Waals surface area contributed by atoms with Crippen molar-refractivity contribution in [3.63, 3.8) is 0 Å². The van der Waals surface area contributed by atoms with Crippen molar-refractivity contribution in [1.29, 1.82) is 0 Å². The molecule has 1 aromatic heterocycles. The van der Waals surface area contributed by atoms with E-state index in [1.165, 1.54) is 11.5 Å². The summed E-state index contributed by atoms with van der Waals surface area (Å²) in [4.78, 5) is 11.2. The largest absolute Gasteiger partial charge is 0.494 e. The molecule has 0 aliphatic heterocycles. The molecular weight excluding hydrogens is 246 g/mol. The minimum Gasteiger partial charge on any atom is -0.494 e. The van der Waals surface area contributed by atoms with Crippen molar-refractivity contribution in [3.8, 4) is 5.88 Å². The Morgan fingerprint density at radius 1 is 1.50 bits per heavy atom. The smallest absolute Gasteiger partial charge is 0.230 e. The molecule has 3 nitrogen and oxygen atoms in total. The van der Waals surface area contributed by atoms with E-state index in [1.807, 2.05) is 12.1 Å². The Balaban J connectivity index is 2.90. The molecule has 4 heteroatoms. The predicted molar refractivity (Wildman–Crippen MR) is 57.6 cm³/mol. The van der Waals surface area contributed by atoms with Gasteiger partial charge in [-0.25, -0.2) is 0 Å². The van der Waals surface area contributed by atoms with Crippen molar-refractivity contribution in [1.82, 2.24) is 4.57 Å². The molecule has 0 bridgehead atoms. The molecular formula is C10H8BrNO2. The van der Waals surface area contributed by atoms with Crippen LogP contribution in [-0.4, -0.2) is 15.6 Å². The summed E-state index contributed by atoms with van der Waals surface area (Å²) in [5, 5.41) is 10.4. The number of hydrogen-bond acceptors (Lipinski definition) is 2. The monoisotopic (exact) mass is 253 g/mol. The lowest BCUT2D eigenvalue weighted by Gasteiger charge is -2.00. The SMILES string of the molecule is CC(=O)n1c(O)cc2c(Br)cccc21. The van der Waals surface area contributed by atoms with E-state index < -0.39 is 0 Å². The van der Waals surface area contributed by atoms with Crippen LogP contribution in [0.15, 0.2) is 28.7 Å². The summed E-state index contributed by atoms with van der Waals surface area (Å²) in [5.74, 6) is -0.227. The van der Waals surface area contributed by atoms with E-state index in [2.05, 4.69) is 15.9 Å². The van der Waals surface area contributed by atoms with Gasteiger partial charge in [0, 0.05) is 22.8 Å². The van der Waals surface area contributed by atoms with Crippen LogP contribution in [0, 0.1) is 0 Å². The molecule has 72 valence electrons. The molecule has 0 spiro atoms. The molecule has 1 heterocycles. The maximum atomic E-state index is 11.2. The topological polar surface area (TPSA) is 42.2 Å². The highest BCUT2D eigenvalue weighted by molar-refractivity contribution is 9.10. The van der Waals surface area contributed by atoms with Gasteiger partial charge in [-0.15, -0.1) is 0 Å². The third kappa shape index (κ3) is 1.23. The third-order valence-electron chi connectivity index (χ3n) is 2.09. The molecule has 0 radical (unpaired) electrons. The fourth-order valence-electron chi connectivity index (χ4n) is 1.51. The Morgan fingerprint density at radius 3 is 2.86 bits per heavy atom. The van der Waals surface area contributed by atoms with Gasteiger partial charge in [-0.2, -0.15) is 0 Å². The maximum absolute atomic E-state index is 11.2. The molecule has 0 saturated carbocycles. The Labute approximate surface area is 89.1 Å². The van der Waals surface area contributed by atoms with Gasteiger partial charge in [-0.05, 0) is 12.1 Å². The number of nitrogens with zero attached hydrogens (tertiary/aromatic N) is 1. The molecule has 1 aromatic carbocycles. The zero-order chi connectivity index (χ0) is 10.3. The second kappa shape index (κ2) is 3.13. The lowest BCUT2D eigenvalue weighted by atomic mass is 10.2. The van der Waals surface area contributed by atoms with Gasteiger partial charge in [0.2, 0.25) is 5.91 Å². The van der Waals surface area contributed by atoms with Gasteiger partial charge >= 0.3 is 0 Å². The predicted octanol–water partition coefficient (Wildman–Crippen LogP) is 2.77. The van der Waals surface area contributed by atoms with Crippen molar-refractivity contribution < 1.29 is 9.90 Å². The van der Waals surface area contributed by atoms with E-state index in [1.54, 1.807) is 12.1 Å². The van der Waals surface area contributed by atoms with Crippen molar-refractivity contribution in [3.05, 3.63) is 28.7 Å². The Hall–Kier alpha value is -1.29. The number of hydrogen-bond donors (Lipinski definition) is 1. The average Bonchev–Trinajstić information content (AvgIpc) is 2.42. The number of carbonyl (C=O) groups excluding carboxylic acids is 1. The van der Waals surface area contributed by atoms with Gasteiger partial charge in [-0.1, -0.05) is 22.0 Å². The van der Waals surface area contributed by atoms with Crippen LogP contribution in [0.1, 0.15) is 11.7 Å². The molecule has 0 fully saturated rings. The van der Waals surface area contributed by atoms with E-state index >= 15 is 0 Å². The second-order valence-electron chi connectivity index (χ2n) is 3.03. The Kier molecular flexibility index (Phi) is 2.07. The van der Waals surface area contributed by atoms with E-state index in [-0.39, 0.29) is 11.8 Å². The number of aromatic hydroxyl groups is 1. The number of halogens is 1. The third-order valence-corrected chi connectivity index (χ3v) is 2.78. The van der Waals surface area contributed by atoms with Crippen LogP contribution >= 0.6 is 15.9 Å². The summed E-state index contributed by atoms with van der Waals surface area (Å²) in [6, 6.07) is 7.06. The molecule has 2 rings (SSSR count). The summed E-state index contributed by atoms with van der Waals surface area (Å²) in [5.41, 5.74) is 0.712. The van der Waals surface area contributed by atoms with E-state index in [4.69, 9.17) is 0 Å². The molecule has 0 unspecified atom stereocenters. The van der Waals surface area contributed by atoms with Crippen LogP contribution < -0.4 is 0 Å². The lowest BCUT2D eigenvalue weighted by molar-refractivity contribution is 0.0933. The van der Waals surface area contributed by atoms with Crippen molar-refractivity contribution in [2.75, 3.05) is 0 Å². The van der Waals surface area contributed by atoms with Gasteiger partial charge in [0.15, 0.2) is 5.88 Å². The number of aromatic nitrogens is 1. The van der Waals surface area contributed by atoms with Crippen LogP contribution in [0.4, 0.5) is 0 Å². The summed E-state index contributed by atoms with van der Waals surface area (Å²) >= 11 is 3.36. The second-order valence-corrected chi connectivity index (χ2v) is 3.88. The first kappa shape index (κ1) is 9.27.